The minimum absolute atomic E-state index is 0.0245. The summed E-state index contributed by atoms with van der Waals surface area (Å²) in [7, 11) is 0. The van der Waals surface area contributed by atoms with Crippen LogP contribution in [0.5, 0.6) is 5.88 Å². The van der Waals surface area contributed by atoms with Gasteiger partial charge < -0.3 is 20.7 Å². The third-order valence-electron chi connectivity index (χ3n) is 8.25. The number of carbonyl (C=O) groups excluding carboxylic acids is 1. The SMILES string of the molecule is N=C(N)C1=CC=C(n2ccc(OCCC(C3CC3)C3CC3)n2)C2CC(CCNc3cccc(S)n3)N2C1=O. The van der Waals surface area contributed by atoms with Crippen LogP contribution in [0.3, 0.4) is 0 Å². The van der Waals surface area contributed by atoms with Gasteiger partial charge in [0.2, 0.25) is 5.88 Å². The first kappa shape index (κ1) is 25.0. The van der Waals surface area contributed by atoms with Crippen LogP contribution in [-0.4, -0.2) is 56.6 Å². The number of amides is 1. The van der Waals surface area contributed by atoms with E-state index in [0.29, 0.717) is 24.1 Å². The fourth-order valence-electron chi connectivity index (χ4n) is 5.97. The highest BCUT2D eigenvalue weighted by Crippen LogP contribution is 2.50. The summed E-state index contributed by atoms with van der Waals surface area (Å²) in [4.78, 5) is 19.5. The Hall–Kier alpha value is -3.27. The molecule has 2 unspecified atom stereocenters. The van der Waals surface area contributed by atoms with Crippen molar-refractivity contribution in [2.75, 3.05) is 18.5 Å². The highest BCUT2D eigenvalue weighted by molar-refractivity contribution is 7.80. The molecule has 0 spiro atoms. The van der Waals surface area contributed by atoms with Crippen LogP contribution in [0.15, 0.2) is 53.2 Å². The van der Waals surface area contributed by atoms with Gasteiger partial charge in [0.25, 0.3) is 5.91 Å². The maximum Gasteiger partial charge on any atom is 0.258 e. The van der Waals surface area contributed by atoms with Gasteiger partial charge in [0.05, 0.1) is 28.9 Å². The molecule has 2 aliphatic heterocycles. The Morgan fingerprint density at radius 1 is 1.21 bits per heavy atom. The Bertz CT molecular complexity index is 1270. The molecule has 9 nitrogen and oxygen atoms in total. The van der Waals surface area contributed by atoms with E-state index in [0.717, 1.165) is 48.5 Å². The second kappa shape index (κ2) is 10.5. The molecule has 3 fully saturated rings. The van der Waals surface area contributed by atoms with Gasteiger partial charge >= 0.3 is 0 Å². The number of allylic oxidation sites excluding steroid dienone is 2. The number of hydrogen-bond acceptors (Lipinski definition) is 7. The Morgan fingerprint density at radius 3 is 2.71 bits per heavy atom. The minimum Gasteiger partial charge on any atom is -0.477 e. The smallest absolute Gasteiger partial charge is 0.258 e. The number of fused-ring (bicyclic) bond motifs is 1. The Labute approximate surface area is 228 Å². The molecule has 2 saturated carbocycles. The number of anilines is 1. The molecule has 4 N–H and O–H groups in total. The monoisotopic (exact) mass is 533 g/mol. The summed E-state index contributed by atoms with van der Waals surface area (Å²) < 4.78 is 7.85. The Balaban J connectivity index is 1.11. The number of nitrogens with two attached hydrogens (primary N) is 1. The molecule has 0 bridgehead atoms. The first-order chi connectivity index (χ1) is 18.5. The lowest BCUT2D eigenvalue weighted by Crippen LogP contribution is -2.60. The van der Waals surface area contributed by atoms with Crippen molar-refractivity contribution in [3.05, 3.63) is 48.2 Å². The second-order valence-electron chi connectivity index (χ2n) is 10.9. The topological polar surface area (TPSA) is 122 Å². The van der Waals surface area contributed by atoms with Crippen molar-refractivity contribution in [3.63, 3.8) is 0 Å². The number of nitrogens with one attached hydrogen (secondary N) is 2. The van der Waals surface area contributed by atoms with Crippen molar-refractivity contribution < 1.29 is 9.53 Å². The number of aromatic nitrogens is 3. The molecule has 200 valence electrons. The molecular formula is C28H35N7O2S. The van der Waals surface area contributed by atoms with E-state index in [1.54, 1.807) is 10.8 Å². The number of nitrogens with zero attached hydrogens (tertiary/aromatic N) is 4. The first-order valence-electron chi connectivity index (χ1n) is 13.7. The molecule has 4 heterocycles. The van der Waals surface area contributed by atoms with Gasteiger partial charge in [-0.25, -0.2) is 9.67 Å². The summed E-state index contributed by atoms with van der Waals surface area (Å²) >= 11 is 4.29. The number of rotatable bonds is 12. The molecule has 4 aliphatic rings. The molecule has 2 atom stereocenters. The van der Waals surface area contributed by atoms with E-state index >= 15 is 0 Å². The van der Waals surface area contributed by atoms with Crippen LogP contribution >= 0.6 is 12.6 Å². The molecule has 6 rings (SSSR count). The van der Waals surface area contributed by atoms with Crippen LogP contribution in [-0.2, 0) is 4.79 Å². The molecule has 1 saturated heterocycles. The van der Waals surface area contributed by atoms with Crippen molar-refractivity contribution in [2.45, 2.75) is 62.1 Å². The third kappa shape index (κ3) is 5.32. The molecule has 0 aromatic carbocycles. The molecule has 2 aliphatic carbocycles. The van der Waals surface area contributed by atoms with Crippen LogP contribution in [0.2, 0.25) is 0 Å². The van der Waals surface area contributed by atoms with Crippen molar-refractivity contribution in [1.82, 2.24) is 19.7 Å². The number of hydrogen-bond donors (Lipinski definition) is 4. The van der Waals surface area contributed by atoms with Gasteiger partial charge in [-0.1, -0.05) is 6.07 Å². The summed E-state index contributed by atoms with van der Waals surface area (Å²) in [6.07, 6.45) is 13.6. The number of ether oxygens (including phenoxy) is 1. The van der Waals surface area contributed by atoms with Gasteiger partial charge in [-0.3, -0.25) is 10.2 Å². The fraction of sp³-hybridized carbons (Fsp3) is 0.500. The molecule has 2 aromatic rings. The summed E-state index contributed by atoms with van der Waals surface area (Å²) in [5, 5.41) is 16.6. The van der Waals surface area contributed by atoms with E-state index in [-0.39, 0.29) is 29.4 Å². The summed E-state index contributed by atoms with van der Waals surface area (Å²) in [6.45, 7) is 1.35. The van der Waals surface area contributed by atoms with Crippen molar-refractivity contribution in [1.29, 1.82) is 5.41 Å². The van der Waals surface area contributed by atoms with E-state index in [4.69, 9.17) is 15.9 Å². The normalized spacial score (nSPS) is 22.8. The van der Waals surface area contributed by atoms with Gasteiger partial charge in [-0.2, -0.15) is 0 Å². The van der Waals surface area contributed by atoms with Crippen molar-refractivity contribution >= 4 is 35.9 Å². The predicted octanol–water partition coefficient (Wildman–Crippen LogP) is 3.96. The van der Waals surface area contributed by atoms with E-state index in [2.05, 4.69) is 28.0 Å². The molecule has 1 amide bonds. The predicted molar refractivity (Wildman–Crippen MR) is 149 cm³/mol. The number of amidine groups is 1. The number of thiol groups is 1. The van der Waals surface area contributed by atoms with Gasteiger partial charge in [0.15, 0.2) is 0 Å². The lowest BCUT2D eigenvalue weighted by molar-refractivity contribution is -0.137. The molecule has 38 heavy (non-hydrogen) atoms. The molecule has 0 radical (unpaired) electrons. The zero-order valence-electron chi connectivity index (χ0n) is 21.4. The van der Waals surface area contributed by atoms with Crippen molar-refractivity contribution in [2.24, 2.45) is 23.5 Å². The highest BCUT2D eigenvalue weighted by atomic mass is 32.1. The lowest BCUT2D eigenvalue weighted by Gasteiger charge is -2.49. The van der Waals surface area contributed by atoms with Gasteiger partial charge in [0, 0.05) is 24.8 Å². The number of carbonyl (C=O) groups is 1. The molecule has 2 aromatic heterocycles. The largest absolute Gasteiger partial charge is 0.477 e. The standard InChI is InChI=1S/C28H35N7O2S/c29-27(30)21-8-9-22(34-14-11-25(33-34)37-15-12-20(17-4-5-17)18-6-7-18)23-16-19(35(23)28(21)36)10-13-31-24-2-1-3-26(38)32-24/h1-3,8-9,11,14,17-20,23H,4-7,10,12-13,15-16H2,(H3,29,30)(H2,31,32,38). The highest BCUT2D eigenvalue weighted by Gasteiger charge is 2.46. The van der Waals surface area contributed by atoms with Gasteiger partial charge in [-0.15, -0.1) is 17.7 Å². The van der Waals surface area contributed by atoms with Crippen LogP contribution in [0, 0.1) is 23.2 Å². The summed E-state index contributed by atoms with van der Waals surface area (Å²) in [5.74, 6) is 3.56. The van der Waals surface area contributed by atoms with Crippen LogP contribution in [0.1, 0.15) is 44.9 Å². The minimum atomic E-state index is -0.227. The Kier molecular flexibility index (Phi) is 6.90. The van der Waals surface area contributed by atoms with E-state index in [1.165, 1.54) is 25.7 Å². The fourth-order valence-corrected chi connectivity index (χ4v) is 6.17. The quantitative estimate of drug-likeness (QED) is 0.186. The molecular weight excluding hydrogens is 498 g/mol. The van der Waals surface area contributed by atoms with Gasteiger partial charge in [-0.05, 0) is 87.0 Å². The average Bonchev–Trinajstić information content (AvgIpc) is 3.80. The maximum atomic E-state index is 13.4. The zero-order valence-corrected chi connectivity index (χ0v) is 22.3. The second-order valence-corrected chi connectivity index (χ2v) is 11.3. The lowest BCUT2D eigenvalue weighted by atomic mass is 9.87. The first-order valence-corrected chi connectivity index (χ1v) is 14.1. The van der Waals surface area contributed by atoms with Gasteiger partial charge in [0.1, 0.15) is 11.7 Å². The van der Waals surface area contributed by atoms with E-state index < -0.39 is 0 Å². The molecule has 10 heteroatoms. The van der Waals surface area contributed by atoms with E-state index in [9.17, 15) is 4.79 Å². The Morgan fingerprint density at radius 2 is 2.00 bits per heavy atom. The van der Waals surface area contributed by atoms with E-state index in [1.807, 2.05) is 41.4 Å². The van der Waals surface area contributed by atoms with Crippen LogP contribution < -0.4 is 15.8 Å². The van der Waals surface area contributed by atoms with Crippen molar-refractivity contribution in [3.8, 4) is 5.88 Å². The average molecular weight is 534 g/mol. The maximum absolute atomic E-state index is 13.4. The van der Waals surface area contributed by atoms with Crippen LogP contribution in [0.4, 0.5) is 5.82 Å². The summed E-state index contributed by atoms with van der Waals surface area (Å²) in [6, 6.07) is 7.40. The zero-order chi connectivity index (χ0) is 26.2. The third-order valence-corrected chi connectivity index (χ3v) is 8.49. The number of pyridine rings is 1. The summed E-state index contributed by atoms with van der Waals surface area (Å²) in [5.41, 5.74) is 6.87. The van der Waals surface area contributed by atoms with Crippen LogP contribution in [0.25, 0.3) is 5.70 Å².